The van der Waals surface area contributed by atoms with Crippen LogP contribution in [0.25, 0.3) is 11.8 Å². The van der Waals surface area contributed by atoms with Gasteiger partial charge < -0.3 is 4.74 Å². The molecular formula is C16H13NO4. The molecule has 0 fully saturated rings. The Labute approximate surface area is 121 Å². The Morgan fingerprint density at radius 2 is 1.62 bits per heavy atom. The first-order chi connectivity index (χ1) is 10.1. The Morgan fingerprint density at radius 1 is 1.05 bits per heavy atom. The third kappa shape index (κ3) is 3.54. The van der Waals surface area contributed by atoms with Crippen LogP contribution in [0.4, 0.5) is 0 Å². The van der Waals surface area contributed by atoms with E-state index in [1.807, 2.05) is 18.2 Å². The summed E-state index contributed by atoms with van der Waals surface area (Å²) in [6, 6.07) is 15.1. The first-order valence-corrected chi connectivity index (χ1v) is 6.21. The van der Waals surface area contributed by atoms with Gasteiger partial charge in [0.15, 0.2) is 0 Å². The summed E-state index contributed by atoms with van der Waals surface area (Å²) in [4.78, 5) is 22.1. The molecule has 0 spiro atoms. The molecule has 0 aromatic heterocycles. The van der Waals surface area contributed by atoms with Gasteiger partial charge in [0.2, 0.25) is 0 Å². The average Bonchev–Trinajstić information content (AvgIpc) is 2.53. The highest BCUT2D eigenvalue weighted by atomic mass is 16.6. The van der Waals surface area contributed by atoms with Gasteiger partial charge in [0.1, 0.15) is 0 Å². The van der Waals surface area contributed by atoms with E-state index in [9.17, 15) is 14.9 Å². The molecule has 0 aliphatic carbocycles. The normalized spacial score (nSPS) is 11.0. The highest BCUT2D eigenvalue weighted by molar-refractivity contribution is 5.90. The number of carbonyl (C=O) groups excluding carboxylic acids is 1. The van der Waals surface area contributed by atoms with Gasteiger partial charge in [0, 0.05) is 6.08 Å². The summed E-state index contributed by atoms with van der Waals surface area (Å²) < 4.78 is 4.59. The second kappa shape index (κ2) is 6.47. The number of benzene rings is 2. The van der Waals surface area contributed by atoms with Crippen LogP contribution in [0.15, 0.2) is 54.6 Å². The quantitative estimate of drug-likeness (QED) is 0.374. The summed E-state index contributed by atoms with van der Waals surface area (Å²) in [5.74, 6) is -0.476. The molecule has 21 heavy (non-hydrogen) atoms. The topological polar surface area (TPSA) is 69.4 Å². The predicted molar refractivity (Wildman–Crippen MR) is 79.1 cm³/mol. The maximum atomic E-state index is 11.3. The molecule has 2 aromatic rings. The van der Waals surface area contributed by atoms with Crippen molar-refractivity contribution in [2.45, 2.75) is 0 Å². The fourth-order valence-electron chi connectivity index (χ4n) is 1.84. The van der Waals surface area contributed by atoms with Crippen LogP contribution >= 0.6 is 0 Å². The molecule has 0 aliphatic heterocycles. The van der Waals surface area contributed by atoms with Crippen LogP contribution < -0.4 is 0 Å². The van der Waals surface area contributed by atoms with Gasteiger partial charge in [-0.15, -0.1) is 0 Å². The maximum absolute atomic E-state index is 11.3. The minimum atomic E-state index is -0.476. The van der Waals surface area contributed by atoms with Crippen molar-refractivity contribution in [2.24, 2.45) is 0 Å². The smallest absolute Gasteiger partial charge is 0.337 e. The van der Waals surface area contributed by atoms with E-state index in [1.54, 1.807) is 12.1 Å². The lowest BCUT2D eigenvalue weighted by Gasteiger charge is -2.02. The first kappa shape index (κ1) is 14.5. The van der Waals surface area contributed by atoms with Crippen molar-refractivity contribution < 1.29 is 14.5 Å². The van der Waals surface area contributed by atoms with Crippen molar-refractivity contribution in [1.29, 1.82) is 0 Å². The maximum Gasteiger partial charge on any atom is 0.337 e. The zero-order valence-corrected chi connectivity index (χ0v) is 11.4. The number of ether oxygens (including phenoxy) is 1. The largest absolute Gasteiger partial charge is 0.465 e. The molecule has 0 atom stereocenters. The van der Waals surface area contributed by atoms with Crippen LogP contribution in [-0.2, 0) is 4.74 Å². The molecule has 0 amide bonds. The number of methoxy groups -OCH3 is 1. The molecule has 0 N–H and O–H groups in total. The molecule has 5 nitrogen and oxygen atoms in total. The molecule has 0 unspecified atom stereocenters. The molecule has 0 heterocycles. The van der Waals surface area contributed by atoms with E-state index >= 15 is 0 Å². The van der Waals surface area contributed by atoms with Gasteiger partial charge in [-0.3, -0.25) is 10.1 Å². The SMILES string of the molecule is COC(=O)c1ccc(C(=Cc2ccccc2)[N+](=O)[O-])cc1. The lowest BCUT2D eigenvalue weighted by Crippen LogP contribution is -2.02. The van der Waals surface area contributed by atoms with Gasteiger partial charge in [-0.1, -0.05) is 30.3 Å². The molecule has 5 heteroatoms. The number of hydrogen-bond donors (Lipinski definition) is 0. The summed E-state index contributed by atoms with van der Waals surface area (Å²) in [5, 5.41) is 11.2. The van der Waals surface area contributed by atoms with E-state index in [2.05, 4.69) is 4.74 Å². The van der Waals surface area contributed by atoms with Crippen molar-refractivity contribution >= 4 is 17.7 Å². The summed E-state index contributed by atoms with van der Waals surface area (Å²) >= 11 is 0. The zero-order valence-electron chi connectivity index (χ0n) is 11.4. The molecule has 0 aliphatic rings. The van der Waals surface area contributed by atoms with Crippen molar-refractivity contribution in [3.63, 3.8) is 0 Å². The van der Waals surface area contributed by atoms with Crippen molar-refractivity contribution in [3.8, 4) is 0 Å². The van der Waals surface area contributed by atoms with E-state index in [0.717, 1.165) is 5.56 Å². The minimum absolute atomic E-state index is 0.0300. The number of nitrogens with zero attached hydrogens (tertiary/aromatic N) is 1. The molecular weight excluding hydrogens is 270 g/mol. The van der Waals surface area contributed by atoms with Gasteiger partial charge >= 0.3 is 5.97 Å². The number of nitro groups is 1. The van der Waals surface area contributed by atoms with Gasteiger partial charge in [-0.05, 0) is 29.8 Å². The van der Waals surface area contributed by atoms with Crippen LogP contribution in [0.1, 0.15) is 21.5 Å². The lowest BCUT2D eigenvalue weighted by molar-refractivity contribution is -0.374. The average molecular weight is 283 g/mol. The number of esters is 1. The Bertz CT molecular complexity index is 675. The molecule has 0 saturated heterocycles. The highest BCUT2D eigenvalue weighted by Gasteiger charge is 2.15. The van der Waals surface area contributed by atoms with E-state index in [4.69, 9.17) is 0 Å². The van der Waals surface area contributed by atoms with Gasteiger partial charge in [-0.25, -0.2) is 4.79 Å². The van der Waals surface area contributed by atoms with Crippen molar-refractivity contribution in [3.05, 3.63) is 81.4 Å². The van der Waals surface area contributed by atoms with Crippen LogP contribution in [0, 0.1) is 10.1 Å². The van der Waals surface area contributed by atoms with E-state index < -0.39 is 10.9 Å². The van der Waals surface area contributed by atoms with E-state index in [1.165, 1.54) is 37.5 Å². The third-order valence-electron chi connectivity index (χ3n) is 2.90. The van der Waals surface area contributed by atoms with Crippen LogP contribution in [0.3, 0.4) is 0 Å². The van der Waals surface area contributed by atoms with Gasteiger partial charge in [-0.2, -0.15) is 0 Å². The summed E-state index contributed by atoms with van der Waals surface area (Å²) in [6.07, 6.45) is 1.49. The highest BCUT2D eigenvalue weighted by Crippen LogP contribution is 2.19. The first-order valence-electron chi connectivity index (χ1n) is 6.21. The molecule has 0 saturated carbocycles. The lowest BCUT2D eigenvalue weighted by atomic mass is 10.1. The Balaban J connectivity index is 2.38. The predicted octanol–water partition coefficient (Wildman–Crippen LogP) is 3.25. The van der Waals surface area contributed by atoms with E-state index in [-0.39, 0.29) is 5.70 Å². The van der Waals surface area contributed by atoms with Crippen LogP contribution in [-0.4, -0.2) is 18.0 Å². The summed E-state index contributed by atoms with van der Waals surface area (Å²) in [7, 11) is 1.29. The third-order valence-corrected chi connectivity index (χ3v) is 2.90. The fraction of sp³-hybridized carbons (Fsp3) is 0.0625. The molecule has 0 bridgehead atoms. The summed E-state index contributed by atoms with van der Waals surface area (Å²) in [5.41, 5.74) is 1.49. The van der Waals surface area contributed by atoms with Gasteiger partial charge in [0.25, 0.3) is 5.70 Å². The standard InChI is InChI=1S/C16H13NO4/c1-21-16(18)14-9-7-13(8-10-14)15(17(19)20)11-12-5-3-2-4-6-12/h2-11H,1H3. The Hall–Kier alpha value is -2.95. The molecule has 2 aromatic carbocycles. The fourth-order valence-corrected chi connectivity index (χ4v) is 1.84. The number of hydrogen-bond acceptors (Lipinski definition) is 4. The number of carbonyl (C=O) groups is 1. The molecule has 2 rings (SSSR count). The summed E-state index contributed by atoms with van der Waals surface area (Å²) in [6.45, 7) is 0. The van der Waals surface area contributed by atoms with E-state index in [0.29, 0.717) is 11.1 Å². The van der Waals surface area contributed by atoms with Crippen molar-refractivity contribution in [2.75, 3.05) is 7.11 Å². The molecule has 0 radical (unpaired) electrons. The Morgan fingerprint density at radius 3 is 2.14 bits per heavy atom. The minimum Gasteiger partial charge on any atom is -0.465 e. The second-order valence-corrected chi connectivity index (χ2v) is 4.27. The van der Waals surface area contributed by atoms with Crippen molar-refractivity contribution in [1.82, 2.24) is 0 Å². The number of rotatable bonds is 4. The monoisotopic (exact) mass is 283 g/mol. The zero-order chi connectivity index (χ0) is 15.2. The Kier molecular flexibility index (Phi) is 4.46. The van der Waals surface area contributed by atoms with Gasteiger partial charge in [0.05, 0.1) is 23.2 Å². The molecule has 106 valence electrons. The second-order valence-electron chi connectivity index (χ2n) is 4.27. The van der Waals surface area contributed by atoms with Crippen LogP contribution in [0.5, 0.6) is 0 Å². The van der Waals surface area contributed by atoms with Crippen LogP contribution in [0.2, 0.25) is 0 Å².